The molecule has 1 amide bonds. The van der Waals surface area contributed by atoms with Gasteiger partial charge in [0.05, 0.1) is 6.61 Å². The van der Waals surface area contributed by atoms with Gasteiger partial charge in [-0.3, -0.25) is 4.79 Å². The molecule has 1 N–H and O–H groups in total. The number of likely N-dealkylation sites (N-methyl/N-ethyl adjacent to an activating group) is 1. The molecule has 15 heavy (non-hydrogen) atoms. The second-order valence-electron chi connectivity index (χ2n) is 5.09. The fourth-order valence-corrected chi connectivity index (χ4v) is 1.95. The van der Waals surface area contributed by atoms with Crippen molar-refractivity contribution < 1.29 is 9.53 Å². The number of carbonyl (C=O) groups is 1. The van der Waals surface area contributed by atoms with Crippen molar-refractivity contribution in [2.75, 3.05) is 13.7 Å². The minimum absolute atomic E-state index is 0.0507. The van der Waals surface area contributed by atoms with E-state index in [4.69, 9.17) is 4.74 Å². The van der Waals surface area contributed by atoms with Gasteiger partial charge in [-0.05, 0) is 43.4 Å². The van der Waals surface area contributed by atoms with E-state index in [1.54, 1.807) is 7.05 Å². The van der Waals surface area contributed by atoms with E-state index in [9.17, 15) is 4.79 Å². The molecule has 0 radical (unpaired) electrons. The highest BCUT2D eigenvalue weighted by molar-refractivity contribution is 5.80. The lowest BCUT2D eigenvalue weighted by molar-refractivity contribution is -0.133. The molecular weight excluding hydrogens is 190 g/mol. The molecule has 0 aromatic heterocycles. The van der Waals surface area contributed by atoms with Crippen LogP contribution in [0.15, 0.2) is 0 Å². The Morgan fingerprint density at radius 1 is 1.53 bits per heavy atom. The van der Waals surface area contributed by atoms with Crippen LogP contribution in [0.1, 0.15) is 32.6 Å². The zero-order chi connectivity index (χ0) is 10.8. The molecule has 3 heteroatoms. The first kappa shape index (κ1) is 10.9. The zero-order valence-electron chi connectivity index (χ0n) is 9.66. The first-order valence-electron chi connectivity index (χ1n) is 6.04. The monoisotopic (exact) mass is 211 g/mol. The van der Waals surface area contributed by atoms with Crippen LogP contribution in [0.3, 0.4) is 0 Å². The summed E-state index contributed by atoms with van der Waals surface area (Å²) < 4.78 is 5.71. The van der Waals surface area contributed by atoms with Crippen LogP contribution in [0.2, 0.25) is 0 Å². The van der Waals surface area contributed by atoms with E-state index in [0.29, 0.717) is 5.92 Å². The van der Waals surface area contributed by atoms with Gasteiger partial charge in [-0.25, -0.2) is 0 Å². The zero-order valence-corrected chi connectivity index (χ0v) is 9.66. The average molecular weight is 211 g/mol. The third-order valence-corrected chi connectivity index (χ3v) is 3.56. The molecular formula is C12H21NO2. The van der Waals surface area contributed by atoms with Crippen molar-refractivity contribution in [2.45, 2.75) is 38.7 Å². The van der Waals surface area contributed by atoms with Crippen LogP contribution in [0, 0.1) is 17.8 Å². The van der Waals surface area contributed by atoms with Gasteiger partial charge in [0.25, 0.3) is 0 Å². The van der Waals surface area contributed by atoms with Gasteiger partial charge in [0.2, 0.25) is 5.91 Å². The van der Waals surface area contributed by atoms with Crippen molar-refractivity contribution in [3.63, 3.8) is 0 Å². The number of amides is 1. The van der Waals surface area contributed by atoms with Crippen LogP contribution in [0.4, 0.5) is 0 Å². The normalized spacial score (nSPS) is 31.1. The Hall–Kier alpha value is -0.570. The number of rotatable bonds is 6. The maximum atomic E-state index is 11.6. The Bertz CT molecular complexity index is 238. The highest BCUT2D eigenvalue weighted by Gasteiger charge is 2.37. The van der Waals surface area contributed by atoms with E-state index in [0.717, 1.165) is 24.9 Å². The lowest BCUT2D eigenvalue weighted by Crippen LogP contribution is -2.35. The van der Waals surface area contributed by atoms with Crippen molar-refractivity contribution in [3.8, 4) is 0 Å². The minimum atomic E-state index is -0.203. The van der Waals surface area contributed by atoms with Crippen molar-refractivity contribution >= 4 is 5.91 Å². The third-order valence-electron chi connectivity index (χ3n) is 3.56. The molecule has 2 aliphatic rings. The van der Waals surface area contributed by atoms with Crippen LogP contribution in [0.25, 0.3) is 0 Å². The lowest BCUT2D eigenvalue weighted by atomic mass is 10.1. The van der Waals surface area contributed by atoms with E-state index in [1.165, 1.54) is 19.3 Å². The largest absolute Gasteiger partial charge is 0.368 e. The Morgan fingerprint density at radius 3 is 2.67 bits per heavy atom. The fraction of sp³-hybridized carbons (Fsp3) is 0.917. The molecule has 0 saturated heterocycles. The van der Waals surface area contributed by atoms with Gasteiger partial charge in [0.1, 0.15) is 6.10 Å². The smallest absolute Gasteiger partial charge is 0.248 e. The molecule has 3 nitrogen and oxygen atoms in total. The number of hydrogen-bond donors (Lipinski definition) is 1. The predicted octanol–water partition coefficient (Wildman–Crippen LogP) is 1.57. The van der Waals surface area contributed by atoms with Gasteiger partial charge in [-0.15, -0.1) is 0 Å². The Morgan fingerprint density at radius 2 is 2.20 bits per heavy atom. The number of ether oxygens (including phenoxy) is 1. The molecule has 2 saturated carbocycles. The number of hydrogen-bond acceptors (Lipinski definition) is 2. The molecule has 0 bridgehead atoms. The van der Waals surface area contributed by atoms with Crippen molar-refractivity contribution in [1.82, 2.24) is 5.32 Å². The van der Waals surface area contributed by atoms with Crippen molar-refractivity contribution in [2.24, 2.45) is 17.8 Å². The summed E-state index contributed by atoms with van der Waals surface area (Å²) in [7, 11) is 1.69. The van der Waals surface area contributed by atoms with Gasteiger partial charge in [-0.2, -0.15) is 0 Å². The van der Waals surface area contributed by atoms with Crippen LogP contribution in [-0.2, 0) is 9.53 Å². The second-order valence-corrected chi connectivity index (χ2v) is 5.09. The molecule has 2 fully saturated rings. The Kier molecular flexibility index (Phi) is 3.29. The maximum Gasteiger partial charge on any atom is 0.248 e. The first-order valence-corrected chi connectivity index (χ1v) is 6.04. The number of carbonyl (C=O) groups excluding carboxylic acids is 1. The van der Waals surface area contributed by atoms with Crippen LogP contribution in [0.5, 0.6) is 0 Å². The summed E-state index contributed by atoms with van der Waals surface area (Å²) in [5.41, 5.74) is 0. The standard InChI is InChI=1S/C12H21NO2/c1-8-5-10(8)6-11(12(14)13-2)15-7-9-3-4-9/h8-11H,3-7H2,1-2H3,(H,13,14). The highest BCUT2D eigenvalue weighted by atomic mass is 16.5. The minimum Gasteiger partial charge on any atom is -0.368 e. The summed E-state index contributed by atoms with van der Waals surface area (Å²) in [5, 5.41) is 2.69. The van der Waals surface area contributed by atoms with Gasteiger partial charge in [-0.1, -0.05) is 6.92 Å². The molecule has 0 aromatic carbocycles. The summed E-state index contributed by atoms with van der Waals surface area (Å²) >= 11 is 0. The quantitative estimate of drug-likeness (QED) is 0.724. The van der Waals surface area contributed by atoms with Crippen molar-refractivity contribution in [1.29, 1.82) is 0 Å². The van der Waals surface area contributed by atoms with E-state index < -0.39 is 0 Å². The third kappa shape index (κ3) is 3.20. The van der Waals surface area contributed by atoms with Crippen LogP contribution < -0.4 is 5.32 Å². The van der Waals surface area contributed by atoms with E-state index in [1.807, 2.05) is 0 Å². The Balaban J connectivity index is 1.75. The van der Waals surface area contributed by atoms with Crippen molar-refractivity contribution in [3.05, 3.63) is 0 Å². The average Bonchev–Trinajstić information content (AvgIpc) is 3.11. The lowest BCUT2D eigenvalue weighted by Gasteiger charge is -2.16. The maximum absolute atomic E-state index is 11.6. The molecule has 0 aliphatic heterocycles. The van der Waals surface area contributed by atoms with Crippen LogP contribution >= 0.6 is 0 Å². The van der Waals surface area contributed by atoms with Gasteiger partial charge >= 0.3 is 0 Å². The Labute approximate surface area is 91.6 Å². The second kappa shape index (κ2) is 4.52. The molecule has 3 unspecified atom stereocenters. The van der Waals surface area contributed by atoms with E-state index in [2.05, 4.69) is 12.2 Å². The SMILES string of the molecule is CNC(=O)C(CC1CC1C)OCC1CC1. The fourth-order valence-electron chi connectivity index (χ4n) is 1.95. The van der Waals surface area contributed by atoms with Crippen LogP contribution in [-0.4, -0.2) is 25.7 Å². The topological polar surface area (TPSA) is 38.3 Å². The van der Waals surface area contributed by atoms with Gasteiger partial charge < -0.3 is 10.1 Å². The molecule has 2 aliphatic carbocycles. The number of nitrogens with one attached hydrogen (secondary N) is 1. The molecule has 3 atom stereocenters. The molecule has 0 spiro atoms. The first-order chi connectivity index (χ1) is 7.20. The molecule has 86 valence electrons. The summed E-state index contributed by atoms with van der Waals surface area (Å²) in [4.78, 5) is 11.6. The van der Waals surface area contributed by atoms with Gasteiger partial charge in [0, 0.05) is 7.05 Å². The summed E-state index contributed by atoms with van der Waals surface area (Å²) in [6.45, 7) is 3.02. The highest BCUT2D eigenvalue weighted by Crippen LogP contribution is 2.42. The summed E-state index contributed by atoms with van der Waals surface area (Å²) in [6.07, 6.45) is 4.53. The molecule has 2 rings (SSSR count). The van der Waals surface area contributed by atoms with E-state index in [-0.39, 0.29) is 12.0 Å². The summed E-state index contributed by atoms with van der Waals surface area (Å²) in [6, 6.07) is 0. The van der Waals surface area contributed by atoms with E-state index >= 15 is 0 Å². The summed E-state index contributed by atoms with van der Waals surface area (Å²) in [5.74, 6) is 2.29. The predicted molar refractivity (Wildman–Crippen MR) is 58.4 cm³/mol. The molecule has 0 heterocycles. The molecule has 0 aromatic rings. The van der Waals surface area contributed by atoms with Gasteiger partial charge in [0.15, 0.2) is 0 Å².